The zero-order valence-corrected chi connectivity index (χ0v) is 15.7. The number of amides is 2. The molecule has 0 radical (unpaired) electrons. The fraction of sp³-hybridized carbons (Fsp3) is 0.364. The van der Waals surface area contributed by atoms with Crippen LogP contribution in [0.15, 0.2) is 42.5 Å². The van der Waals surface area contributed by atoms with Crippen LogP contribution < -0.4 is 9.80 Å². The third kappa shape index (κ3) is 2.36. The highest BCUT2D eigenvalue weighted by molar-refractivity contribution is 6.12. The van der Waals surface area contributed by atoms with Crippen LogP contribution in [0, 0.1) is 6.92 Å². The lowest BCUT2D eigenvalue weighted by atomic mass is 9.85. The van der Waals surface area contributed by atoms with E-state index in [1.54, 1.807) is 4.90 Å². The number of aryl methyl sites for hydroxylation is 1. The molecule has 0 unspecified atom stereocenters. The second-order valence-electron chi connectivity index (χ2n) is 7.98. The van der Waals surface area contributed by atoms with Crippen LogP contribution in [0.5, 0.6) is 0 Å². The van der Waals surface area contributed by atoms with Crippen molar-refractivity contribution in [1.29, 1.82) is 0 Å². The number of para-hydroxylation sites is 1. The van der Waals surface area contributed by atoms with Crippen LogP contribution in [0.25, 0.3) is 0 Å². The number of rotatable bonds is 2. The average molecular weight is 348 g/mol. The average Bonchev–Trinajstić information content (AvgIpc) is 3.02. The molecule has 2 heterocycles. The van der Waals surface area contributed by atoms with Crippen molar-refractivity contribution in [3.8, 4) is 0 Å². The number of carbonyl (C=O) groups excluding carboxylic acids is 2. The number of hydrogen-bond donors (Lipinski definition) is 0. The molecule has 2 aliphatic rings. The van der Waals surface area contributed by atoms with Crippen LogP contribution >= 0.6 is 0 Å². The molecule has 4 rings (SSSR count). The van der Waals surface area contributed by atoms with Gasteiger partial charge in [-0.1, -0.05) is 35.9 Å². The SMILES string of the molecule is Cc1ccc2c(c1)C(C)(C)C(=O)N2CC(=O)N1c2ccccc2C[C@@H]1C. The van der Waals surface area contributed by atoms with Crippen LogP contribution in [-0.2, 0) is 21.4 Å². The monoisotopic (exact) mass is 348 g/mol. The van der Waals surface area contributed by atoms with Crippen molar-refractivity contribution >= 4 is 23.2 Å². The van der Waals surface area contributed by atoms with Gasteiger partial charge in [0.1, 0.15) is 6.54 Å². The molecule has 2 aromatic carbocycles. The molecule has 0 aromatic heterocycles. The summed E-state index contributed by atoms with van der Waals surface area (Å²) in [7, 11) is 0. The minimum atomic E-state index is -0.601. The maximum absolute atomic E-state index is 13.1. The minimum absolute atomic E-state index is 0.00779. The van der Waals surface area contributed by atoms with Gasteiger partial charge in [0, 0.05) is 17.4 Å². The van der Waals surface area contributed by atoms with Crippen molar-refractivity contribution in [2.45, 2.75) is 45.6 Å². The van der Waals surface area contributed by atoms with E-state index in [9.17, 15) is 9.59 Å². The topological polar surface area (TPSA) is 40.6 Å². The Labute approximate surface area is 154 Å². The van der Waals surface area contributed by atoms with E-state index in [4.69, 9.17) is 0 Å². The quantitative estimate of drug-likeness (QED) is 0.832. The van der Waals surface area contributed by atoms with Crippen LogP contribution in [-0.4, -0.2) is 24.4 Å². The molecule has 0 N–H and O–H groups in total. The minimum Gasteiger partial charge on any atom is -0.307 e. The van der Waals surface area contributed by atoms with Gasteiger partial charge in [0.15, 0.2) is 0 Å². The Morgan fingerprint density at radius 2 is 1.88 bits per heavy atom. The van der Waals surface area contributed by atoms with Crippen molar-refractivity contribution in [1.82, 2.24) is 0 Å². The Hall–Kier alpha value is -2.62. The molecule has 0 bridgehead atoms. The van der Waals surface area contributed by atoms with E-state index in [0.29, 0.717) is 0 Å². The van der Waals surface area contributed by atoms with Crippen molar-refractivity contribution in [3.63, 3.8) is 0 Å². The molecule has 4 heteroatoms. The van der Waals surface area contributed by atoms with Gasteiger partial charge in [0.2, 0.25) is 11.8 Å². The van der Waals surface area contributed by atoms with E-state index >= 15 is 0 Å². The molecule has 0 spiro atoms. The van der Waals surface area contributed by atoms with Gasteiger partial charge in [-0.15, -0.1) is 0 Å². The second kappa shape index (κ2) is 5.70. The third-order valence-electron chi connectivity index (χ3n) is 5.67. The van der Waals surface area contributed by atoms with E-state index in [-0.39, 0.29) is 24.4 Å². The maximum Gasteiger partial charge on any atom is 0.247 e. The molecule has 2 amide bonds. The first-order valence-electron chi connectivity index (χ1n) is 9.14. The molecule has 0 aliphatic carbocycles. The van der Waals surface area contributed by atoms with Crippen molar-refractivity contribution < 1.29 is 9.59 Å². The van der Waals surface area contributed by atoms with Gasteiger partial charge >= 0.3 is 0 Å². The summed E-state index contributed by atoms with van der Waals surface area (Å²) >= 11 is 0. The lowest BCUT2D eigenvalue weighted by Gasteiger charge is -2.26. The number of carbonyl (C=O) groups is 2. The first kappa shape index (κ1) is 16.8. The molecule has 0 saturated carbocycles. The smallest absolute Gasteiger partial charge is 0.247 e. The Morgan fingerprint density at radius 1 is 1.15 bits per heavy atom. The van der Waals surface area contributed by atoms with E-state index in [1.165, 1.54) is 5.56 Å². The molecule has 26 heavy (non-hydrogen) atoms. The Kier molecular flexibility index (Phi) is 3.69. The summed E-state index contributed by atoms with van der Waals surface area (Å²) in [4.78, 5) is 29.7. The summed E-state index contributed by atoms with van der Waals surface area (Å²) in [6.45, 7) is 8.04. The normalized spacial score (nSPS) is 20.3. The molecular weight excluding hydrogens is 324 g/mol. The van der Waals surface area contributed by atoms with Crippen LogP contribution in [0.4, 0.5) is 11.4 Å². The molecular formula is C22H24N2O2. The van der Waals surface area contributed by atoms with Gasteiger partial charge in [-0.2, -0.15) is 0 Å². The lowest BCUT2D eigenvalue weighted by molar-refractivity contribution is -0.124. The number of fused-ring (bicyclic) bond motifs is 2. The maximum atomic E-state index is 13.1. The Morgan fingerprint density at radius 3 is 2.65 bits per heavy atom. The first-order valence-corrected chi connectivity index (χ1v) is 9.14. The highest BCUT2D eigenvalue weighted by atomic mass is 16.2. The summed E-state index contributed by atoms with van der Waals surface area (Å²) < 4.78 is 0. The van der Waals surface area contributed by atoms with Crippen molar-refractivity contribution in [2.75, 3.05) is 16.3 Å². The first-order chi connectivity index (χ1) is 12.3. The summed E-state index contributed by atoms with van der Waals surface area (Å²) in [5, 5.41) is 0. The standard InChI is InChI=1S/C22H24N2O2/c1-14-9-10-19-17(11-14)22(3,4)21(26)23(19)13-20(25)24-15(2)12-16-7-5-6-8-18(16)24/h5-11,15H,12-13H2,1-4H3/t15-/m0/s1. The Bertz CT molecular complexity index is 916. The number of benzene rings is 2. The number of hydrogen-bond acceptors (Lipinski definition) is 2. The van der Waals surface area contributed by atoms with Gasteiger partial charge in [-0.05, 0) is 57.4 Å². The van der Waals surface area contributed by atoms with E-state index < -0.39 is 5.41 Å². The van der Waals surface area contributed by atoms with Crippen LogP contribution in [0.3, 0.4) is 0 Å². The molecule has 1 atom stereocenters. The van der Waals surface area contributed by atoms with E-state index in [1.807, 2.05) is 56.0 Å². The Balaban J connectivity index is 1.66. The highest BCUT2D eigenvalue weighted by Gasteiger charge is 2.45. The predicted molar refractivity (Wildman–Crippen MR) is 104 cm³/mol. The molecule has 134 valence electrons. The van der Waals surface area contributed by atoms with Gasteiger partial charge in [0.25, 0.3) is 0 Å². The van der Waals surface area contributed by atoms with E-state index in [2.05, 4.69) is 19.1 Å². The summed E-state index contributed by atoms with van der Waals surface area (Å²) in [5.74, 6) is -0.0355. The van der Waals surface area contributed by atoms with Crippen molar-refractivity contribution in [3.05, 3.63) is 59.2 Å². The molecule has 4 nitrogen and oxygen atoms in total. The lowest BCUT2D eigenvalue weighted by Crippen LogP contribution is -2.46. The van der Waals surface area contributed by atoms with Gasteiger partial charge in [-0.25, -0.2) is 0 Å². The van der Waals surface area contributed by atoms with Gasteiger partial charge in [0.05, 0.1) is 5.41 Å². The summed E-state index contributed by atoms with van der Waals surface area (Å²) in [6.07, 6.45) is 0.858. The number of nitrogens with zero attached hydrogens (tertiary/aromatic N) is 2. The van der Waals surface area contributed by atoms with E-state index in [0.717, 1.165) is 28.9 Å². The van der Waals surface area contributed by atoms with Gasteiger partial charge < -0.3 is 9.80 Å². The number of anilines is 2. The molecule has 0 fully saturated rings. The highest BCUT2D eigenvalue weighted by Crippen LogP contribution is 2.42. The zero-order chi connectivity index (χ0) is 18.6. The van der Waals surface area contributed by atoms with Crippen LogP contribution in [0.2, 0.25) is 0 Å². The van der Waals surface area contributed by atoms with Gasteiger partial charge in [-0.3, -0.25) is 9.59 Å². The predicted octanol–water partition coefficient (Wildman–Crippen LogP) is 3.60. The molecule has 2 aromatic rings. The second-order valence-corrected chi connectivity index (χ2v) is 7.98. The fourth-order valence-electron chi connectivity index (χ4n) is 4.26. The largest absolute Gasteiger partial charge is 0.307 e. The van der Waals surface area contributed by atoms with Crippen LogP contribution in [0.1, 0.15) is 37.5 Å². The molecule has 2 aliphatic heterocycles. The zero-order valence-electron chi connectivity index (χ0n) is 15.7. The van der Waals surface area contributed by atoms with Crippen molar-refractivity contribution in [2.24, 2.45) is 0 Å². The fourth-order valence-corrected chi connectivity index (χ4v) is 4.26. The third-order valence-corrected chi connectivity index (χ3v) is 5.67. The summed E-state index contributed by atoms with van der Waals surface area (Å²) in [5.41, 5.74) is 4.55. The summed E-state index contributed by atoms with van der Waals surface area (Å²) in [6, 6.07) is 14.2. The molecule has 0 saturated heterocycles.